The van der Waals surface area contributed by atoms with Crippen molar-refractivity contribution in [1.82, 2.24) is 9.36 Å². The number of rotatable bonds is 4. The normalized spacial score (nSPS) is 12.0. The Morgan fingerprint density at radius 2 is 1.90 bits per heavy atom. The molecule has 2 rings (SSSR count). The fraction of sp³-hybridized carbons (Fsp3) is 0.357. The molecule has 0 radical (unpaired) electrons. The quantitative estimate of drug-likeness (QED) is 0.875. The van der Waals surface area contributed by atoms with E-state index in [0.29, 0.717) is 12.0 Å². The van der Waals surface area contributed by atoms with Crippen LogP contribution in [0.25, 0.3) is 5.69 Å². The number of benzene rings is 1. The summed E-state index contributed by atoms with van der Waals surface area (Å²) >= 11 is 0. The van der Waals surface area contributed by atoms with Crippen molar-refractivity contribution in [3.63, 3.8) is 0 Å². The highest BCUT2D eigenvalue weighted by atomic mass is 35.5. The van der Waals surface area contributed by atoms with Gasteiger partial charge in [0, 0.05) is 24.3 Å². The lowest BCUT2D eigenvalue weighted by molar-refractivity contribution is 0.265. The number of nitrogens with two attached hydrogens (primary N) is 1. The van der Waals surface area contributed by atoms with E-state index < -0.39 is 6.04 Å². The summed E-state index contributed by atoms with van der Waals surface area (Å²) in [5, 5.41) is 9.03. The van der Waals surface area contributed by atoms with Crippen LogP contribution < -0.4 is 11.3 Å². The van der Waals surface area contributed by atoms with E-state index in [2.05, 4.69) is 0 Å². The minimum atomic E-state index is -0.405. The fourth-order valence-corrected chi connectivity index (χ4v) is 2.19. The third-order valence-electron chi connectivity index (χ3n) is 3.37. The first-order chi connectivity index (χ1) is 9.06. The van der Waals surface area contributed by atoms with Gasteiger partial charge in [-0.05, 0) is 25.5 Å². The number of hydrogen-bond acceptors (Lipinski definition) is 3. The van der Waals surface area contributed by atoms with Crippen molar-refractivity contribution >= 4 is 12.4 Å². The van der Waals surface area contributed by atoms with Gasteiger partial charge in [-0.2, -0.15) is 0 Å². The van der Waals surface area contributed by atoms with Crippen molar-refractivity contribution in [3.05, 3.63) is 51.9 Å². The summed E-state index contributed by atoms with van der Waals surface area (Å²) in [6.45, 7) is 1.76. The number of aromatic nitrogens is 2. The maximum Gasteiger partial charge on any atom is 0.274 e. The average molecular weight is 298 g/mol. The summed E-state index contributed by atoms with van der Waals surface area (Å²) in [5.74, 6) is 0. The highest BCUT2D eigenvalue weighted by Crippen LogP contribution is 2.11. The summed E-state index contributed by atoms with van der Waals surface area (Å²) < 4.78 is 3.44. The molecule has 1 atom stereocenters. The van der Waals surface area contributed by atoms with Crippen molar-refractivity contribution in [2.45, 2.75) is 19.4 Å². The molecule has 0 aliphatic carbocycles. The zero-order valence-corrected chi connectivity index (χ0v) is 12.4. The molecule has 3 N–H and O–H groups in total. The first-order valence-corrected chi connectivity index (χ1v) is 6.25. The Morgan fingerprint density at radius 1 is 1.30 bits per heavy atom. The molecule has 1 unspecified atom stereocenters. The Bertz CT molecular complexity index is 619. The smallest absolute Gasteiger partial charge is 0.274 e. The summed E-state index contributed by atoms with van der Waals surface area (Å²) in [5.41, 5.74) is 8.01. The van der Waals surface area contributed by atoms with Gasteiger partial charge in [0.2, 0.25) is 0 Å². The Balaban J connectivity index is 0.00000200. The molecule has 0 aliphatic rings. The largest absolute Gasteiger partial charge is 0.395 e. The molecule has 0 spiro atoms. The molecule has 110 valence electrons. The lowest BCUT2D eigenvalue weighted by Gasteiger charge is -2.07. The van der Waals surface area contributed by atoms with Crippen molar-refractivity contribution in [2.24, 2.45) is 12.8 Å². The molecule has 0 amide bonds. The van der Waals surface area contributed by atoms with Gasteiger partial charge in [0.25, 0.3) is 5.56 Å². The zero-order chi connectivity index (χ0) is 14.0. The maximum atomic E-state index is 12.5. The SMILES string of the molecule is Cc1c(CC(N)CO)c(=O)n(-c2ccccc2)n1C.Cl. The lowest BCUT2D eigenvalue weighted by Crippen LogP contribution is -2.30. The molecule has 0 aliphatic heterocycles. The van der Waals surface area contributed by atoms with Crippen molar-refractivity contribution < 1.29 is 5.11 Å². The van der Waals surface area contributed by atoms with Crippen LogP contribution in [0.4, 0.5) is 0 Å². The molecule has 1 aromatic heterocycles. The third kappa shape index (κ3) is 2.95. The summed E-state index contributed by atoms with van der Waals surface area (Å²) in [4.78, 5) is 12.5. The van der Waals surface area contributed by atoms with Crippen LogP contribution in [0.5, 0.6) is 0 Å². The zero-order valence-electron chi connectivity index (χ0n) is 11.6. The van der Waals surface area contributed by atoms with Gasteiger partial charge in [-0.1, -0.05) is 18.2 Å². The highest BCUT2D eigenvalue weighted by molar-refractivity contribution is 5.85. The standard InChI is InChI=1S/C14H19N3O2.ClH/c1-10-13(8-11(15)9-18)14(19)17(16(10)2)12-6-4-3-5-7-12;/h3-7,11,18H,8-9,15H2,1-2H3;1H. The first kappa shape index (κ1) is 16.5. The fourth-order valence-electron chi connectivity index (χ4n) is 2.19. The van der Waals surface area contributed by atoms with E-state index in [1.807, 2.05) is 49.0 Å². The number of aliphatic hydroxyl groups excluding tert-OH is 1. The summed E-state index contributed by atoms with van der Waals surface area (Å²) in [6.07, 6.45) is 0.384. The lowest BCUT2D eigenvalue weighted by atomic mass is 10.1. The topological polar surface area (TPSA) is 73.2 Å². The van der Waals surface area contributed by atoms with Gasteiger partial charge in [-0.15, -0.1) is 12.4 Å². The van der Waals surface area contributed by atoms with Gasteiger partial charge in [0.15, 0.2) is 0 Å². The van der Waals surface area contributed by atoms with E-state index >= 15 is 0 Å². The Labute approximate surface area is 124 Å². The van der Waals surface area contributed by atoms with Crippen LogP contribution in [0.15, 0.2) is 35.1 Å². The predicted octanol–water partition coefficient (Wildman–Crippen LogP) is 0.768. The number of aliphatic hydroxyl groups is 1. The minimum absolute atomic E-state index is 0. The molecular formula is C14H20ClN3O2. The van der Waals surface area contributed by atoms with Crippen LogP contribution in [0.3, 0.4) is 0 Å². The van der Waals surface area contributed by atoms with Crippen LogP contribution >= 0.6 is 12.4 Å². The number of hydrogen-bond donors (Lipinski definition) is 2. The van der Waals surface area contributed by atoms with Crippen LogP contribution in [0, 0.1) is 6.92 Å². The average Bonchev–Trinajstić information content (AvgIpc) is 2.63. The molecule has 2 aromatic rings. The van der Waals surface area contributed by atoms with E-state index in [1.165, 1.54) is 0 Å². The second kappa shape index (κ2) is 6.74. The molecular weight excluding hydrogens is 278 g/mol. The van der Waals surface area contributed by atoms with Gasteiger partial charge >= 0.3 is 0 Å². The van der Waals surface area contributed by atoms with E-state index in [-0.39, 0.29) is 24.6 Å². The van der Waals surface area contributed by atoms with Crippen LogP contribution in [0.1, 0.15) is 11.3 Å². The summed E-state index contributed by atoms with van der Waals surface area (Å²) in [6, 6.07) is 9.06. The van der Waals surface area contributed by atoms with Crippen molar-refractivity contribution in [2.75, 3.05) is 6.61 Å². The minimum Gasteiger partial charge on any atom is -0.395 e. The van der Waals surface area contributed by atoms with Gasteiger partial charge in [-0.3, -0.25) is 9.48 Å². The first-order valence-electron chi connectivity index (χ1n) is 6.25. The van der Waals surface area contributed by atoms with Crippen LogP contribution in [-0.2, 0) is 13.5 Å². The van der Waals surface area contributed by atoms with Gasteiger partial charge in [0.1, 0.15) is 0 Å². The molecule has 0 bridgehead atoms. The Kier molecular flexibility index (Phi) is 5.56. The van der Waals surface area contributed by atoms with E-state index in [1.54, 1.807) is 4.68 Å². The van der Waals surface area contributed by atoms with E-state index in [9.17, 15) is 4.79 Å². The Hall–Kier alpha value is -1.56. The predicted molar refractivity (Wildman–Crippen MR) is 81.8 cm³/mol. The summed E-state index contributed by atoms with van der Waals surface area (Å²) in [7, 11) is 1.84. The molecule has 20 heavy (non-hydrogen) atoms. The second-order valence-electron chi connectivity index (χ2n) is 4.69. The van der Waals surface area contributed by atoms with Crippen molar-refractivity contribution in [3.8, 4) is 5.69 Å². The number of nitrogens with zero attached hydrogens (tertiary/aromatic N) is 2. The van der Waals surface area contributed by atoms with Crippen molar-refractivity contribution in [1.29, 1.82) is 0 Å². The van der Waals surface area contributed by atoms with Crippen LogP contribution in [-0.4, -0.2) is 27.1 Å². The third-order valence-corrected chi connectivity index (χ3v) is 3.37. The molecule has 5 nitrogen and oxygen atoms in total. The van der Waals surface area contributed by atoms with Gasteiger partial charge < -0.3 is 10.8 Å². The van der Waals surface area contributed by atoms with E-state index in [0.717, 1.165) is 11.4 Å². The maximum absolute atomic E-state index is 12.5. The molecule has 1 heterocycles. The van der Waals surface area contributed by atoms with Crippen LogP contribution in [0.2, 0.25) is 0 Å². The number of para-hydroxylation sites is 1. The molecule has 1 aromatic carbocycles. The monoisotopic (exact) mass is 297 g/mol. The molecule has 6 heteroatoms. The van der Waals surface area contributed by atoms with Gasteiger partial charge in [0.05, 0.1) is 12.3 Å². The number of halogens is 1. The molecule has 0 saturated heterocycles. The molecule has 0 fully saturated rings. The second-order valence-corrected chi connectivity index (χ2v) is 4.69. The molecule has 0 saturated carbocycles. The highest BCUT2D eigenvalue weighted by Gasteiger charge is 2.17. The van der Waals surface area contributed by atoms with E-state index in [4.69, 9.17) is 10.8 Å². The van der Waals surface area contributed by atoms with Gasteiger partial charge in [-0.25, -0.2) is 4.68 Å². The Morgan fingerprint density at radius 3 is 2.45 bits per heavy atom.